The first kappa shape index (κ1) is 12.5. The number of imidazole rings is 1. The van der Waals surface area contributed by atoms with Crippen LogP contribution in [-0.2, 0) is 0 Å². The van der Waals surface area contributed by atoms with Gasteiger partial charge in [-0.2, -0.15) is 9.78 Å². The molecule has 2 aromatic heterocycles. The highest BCUT2D eigenvalue weighted by Gasteiger charge is 2.23. The number of anilines is 1. The number of aromatic nitrogens is 4. The van der Waals surface area contributed by atoms with Gasteiger partial charge in [0.15, 0.2) is 0 Å². The Labute approximate surface area is 117 Å². The number of nitrogens with two attached hydrogens (primary N) is 1. The Balaban J connectivity index is 2.21. The fraction of sp³-hybridized carbons (Fsp3) is 0.0833. The Hall–Kier alpha value is -2.48. The molecule has 0 fully saturated rings. The largest absolute Gasteiger partial charge is 0.477 e. The molecule has 0 aliphatic carbocycles. The molecule has 0 unspecified atom stereocenters. The van der Waals surface area contributed by atoms with Gasteiger partial charge in [-0.3, -0.25) is 0 Å². The second kappa shape index (κ2) is 4.57. The van der Waals surface area contributed by atoms with Gasteiger partial charge in [0.2, 0.25) is 5.95 Å². The number of carbonyl (C=O) groups is 1. The van der Waals surface area contributed by atoms with Gasteiger partial charge in [-0.15, -0.1) is 11.8 Å². The zero-order valence-corrected chi connectivity index (χ0v) is 11.3. The number of hydrogen-bond donors (Lipinski definition) is 3. The van der Waals surface area contributed by atoms with Crippen molar-refractivity contribution in [3.63, 3.8) is 0 Å². The number of rotatable bonds is 3. The number of para-hydroxylation sites is 2. The molecule has 0 saturated carbocycles. The zero-order valence-electron chi connectivity index (χ0n) is 10.5. The molecule has 0 aliphatic rings. The van der Waals surface area contributed by atoms with Crippen LogP contribution in [0.1, 0.15) is 10.4 Å². The summed E-state index contributed by atoms with van der Waals surface area (Å²) in [6.07, 6.45) is 1.75. The number of nitrogens with zero attached hydrogens (tertiary/aromatic N) is 3. The van der Waals surface area contributed by atoms with Crippen LogP contribution < -0.4 is 5.73 Å². The van der Waals surface area contributed by atoms with Gasteiger partial charge in [0.1, 0.15) is 16.4 Å². The summed E-state index contributed by atoms with van der Waals surface area (Å²) in [4.78, 5) is 18.7. The van der Waals surface area contributed by atoms with E-state index >= 15 is 0 Å². The molecule has 7 nitrogen and oxygen atoms in total. The molecule has 0 aliphatic heterocycles. The Bertz CT molecular complexity index is 774. The lowest BCUT2D eigenvalue weighted by atomic mass is 10.3. The molecule has 1 aromatic carbocycles. The lowest BCUT2D eigenvalue weighted by Crippen LogP contribution is -2.06. The number of nitrogen functional groups attached to an aromatic ring is 1. The van der Waals surface area contributed by atoms with Crippen molar-refractivity contribution in [2.45, 2.75) is 5.03 Å². The molecular formula is C12H11N5O2S. The Morgan fingerprint density at radius 3 is 2.80 bits per heavy atom. The fourth-order valence-corrected chi connectivity index (χ4v) is 2.51. The molecule has 0 saturated heterocycles. The second-order valence-corrected chi connectivity index (χ2v) is 4.86. The first-order valence-corrected chi connectivity index (χ1v) is 6.95. The number of nitrogens with one attached hydrogen (secondary N) is 1. The molecule has 3 rings (SSSR count). The average molecular weight is 289 g/mol. The highest BCUT2D eigenvalue weighted by atomic mass is 32.2. The van der Waals surface area contributed by atoms with Crippen LogP contribution >= 0.6 is 11.8 Å². The van der Waals surface area contributed by atoms with E-state index in [4.69, 9.17) is 5.73 Å². The summed E-state index contributed by atoms with van der Waals surface area (Å²) >= 11 is 1.23. The van der Waals surface area contributed by atoms with Crippen molar-refractivity contribution in [2.75, 3.05) is 12.0 Å². The maximum absolute atomic E-state index is 11.2. The zero-order chi connectivity index (χ0) is 14.3. The molecule has 0 spiro atoms. The Morgan fingerprint density at radius 2 is 2.20 bits per heavy atom. The number of aromatic carboxylic acids is 1. The van der Waals surface area contributed by atoms with Crippen molar-refractivity contribution in [1.29, 1.82) is 0 Å². The van der Waals surface area contributed by atoms with Crippen LogP contribution in [0, 0.1) is 0 Å². The van der Waals surface area contributed by atoms with Crippen molar-refractivity contribution in [1.82, 2.24) is 19.7 Å². The van der Waals surface area contributed by atoms with Gasteiger partial charge in [0.05, 0.1) is 11.0 Å². The Kier molecular flexibility index (Phi) is 2.87. The van der Waals surface area contributed by atoms with E-state index in [0.717, 1.165) is 11.0 Å². The number of aromatic amines is 1. The molecule has 20 heavy (non-hydrogen) atoms. The minimum Gasteiger partial charge on any atom is -0.477 e. The Morgan fingerprint density at radius 1 is 1.45 bits per heavy atom. The maximum Gasteiger partial charge on any atom is 0.342 e. The SMILES string of the molecule is CSc1nn(-c2nc3ccccc3[nH]2)c(N)c1C(=O)O. The number of carboxylic acids is 1. The van der Waals surface area contributed by atoms with Crippen LogP contribution in [0.4, 0.5) is 5.82 Å². The van der Waals surface area contributed by atoms with E-state index in [0.29, 0.717) is 11.0 Å². The molecule has 102 valence electrons. The third-order valence-electron chi connectivity index (χ3n) is 2.87. The first-order chi connectivity index (χ1) is 9.61. The predicted octanol–water partition coefficient (Wildman–Crippen LogP) is 1.75. The molecule has 3 aromatic rings. The predicted molar refractivity (Wildman–Crippen MR) is 76.4 cm³/mol. The summed E-state index contributed by atoms with van der Waals surface area (Å²) in [7, 11) is 0. The molecular weight excluding hydrogens is 278 g/mol. The van der Waals surface area contributed by atoms with E-state index < -0.39 is 5.97 Å². The van der Waals surface area contributed by atoms with Crippen LogP contribution in [-0.4, -0.2) is 37.1 Å². The van der Waals surface area contributed by atoms with Gasteiger partial charge >= 0.3 is 5.97 Å². The standard InChI is InChI=1S/C12H11N5O2S/c1-20-10-8(11(18)19)9(13)17(16-10)12-14-6-4-2-3-5-7(6)15-12/h2-5H,13H2,1H3,(H,14,15)(H,18,19). The summed E-state index contributed by atoms with van der Waals surface area (Å²) in [5.74, 6) is -0.651. The van der Waals surface area contributed by atoms with Gasteiger partial charge < -0.3 is 15.8 Å². The van der Waals surface area contributed by atoms with E-state index in [-0.39, 0.29) is 11.4 Å². The number of H-pyrrole nitrogens is 1. The van der Waals surface area contributed by atoms with E-state index in [1.807, 2.05) is 24.3 Å². The summed E-state index contributed by atoms with van der Waals surface area (Å²) < 4.78 is 1.31. The van der Waals surface area contributed by atoms with Crippen molar-refractivity contribution in [2.24, 2.45) is 0 Å². The number of fused-ring (bicyclic) bond motifs is 1. The second-order valence-electron chi connectivity index (χ2n) is 4.06. The summed E-state index contributed by atoms with van der Waals surface area (Å²) in [6, 6.07) is 7.48. The number of benzene rings is 1. The van der Waals surface area contributed by atoms with Crippen LogP contribution in [0.3, 0.4) is 0 Å². The van der Waals surface area contributed by atoms with Gasteiger partial charge in [0.25, 0.3) is 0 Å². The quantitative estimate of drug-likeness (QED) is 0.634. The average Bonchev–Trinajstić information content (AvgIpc) is 2.98. The molecule has 0 atom stereocenters. The number of thioether (sulfide) groups is 1. The van der Waals surface area contributed by atoms with E-state index in [1.165, 1.54) is 16.4 Å². The molecule has 8 heteroatoms. The van der Waals surface area contributed by atoms with Crippen molar-refractivity contribution < 1.29 is 9.90 Å². The number of hydrogen-bond acceptors (Lipinski definition) is 5. The first-order valence-electron chi connectivity index (χ1n) is 5.72. The highest BCUT2D eigenvalue weighted by molar-refractivity contribution is 7.98. The summed E-state index contributed by atoms with van der Waals surface area (Å²) in [6.45, 7) is 0. The molecule has 4 N–H and O–H groups in total. The van der Waals surface area contributed by atoms with Crippen molar-refractivity contribution in [3.05, 3.63) is 29.8 Å². The van der Waals surface area contributed by atoms with Crippen LogP contribution in [0.25, 0.3) is 17.0 Å². The summed E-state index contributed by atoms with van der Waals surface area (Å²) in [5.41, 5.74) is 7.48. The van der Waals surface area contributed by atoms with Gasteiger partial charge in [0, 0.05) is 0 Å². The van der Waals surface area contributed by atoms with Gasteiger partial charge in [-0.05, 0) is 18.4 Å². The maximum atomic E-state index is 11.2. The minimum absolute atomic E-state index is 0.00189. The van der Waals surface area contributed by atoms with E-state index in [1.54, 1.807) is 6.26 Å². The normalized spacial score (nSPS) is 11.1. The van der Waals surface area contributed by atoms with Crippen LogP contribution in [0.2, 0.25) is 0 Å². The summed E-state index contributed by atoms with van der Waals surface area (Å²) in [5, 5.41) is 13.8. The fourth-order valence-electron chi connectivity index (χ4n) is 1.96. The molecule has 0 amide bonds. The van der Waals surface area contributed by atoms with E-state index in [9.17, 15) is 9.90 Å². The third-order valence-corrected chi connectivity index (χ3v) is 3.55. The highest BCUT2D eigenvalue weighted by Crippen LogP contribution is 2.27. The smallest absolute Gasteiger partial charge is 0.342 e. The lowest BCUT2D eigenvalue weighted by molar-refractivity contribution is 0.0694. The van der Waals surface area contributed by atoms with Crippen molar-refractivity contribution >= 4 is 34.6 Å². The molecule has 0 bridgehead atoms. The van der Waals surface area contributed by atoms with Gasteiger partial charge in [-0.1, -0.05) is 12.1 Å². The third kappa shape index (κ3) is 1.81. The van der Waals surface area contributed by atoms with Crippen molar-refractivity contribution in [3.8, 4) is 5.95 Å². The number of carboxylic acid groups (broad SMARTS) is 1. The monoisotopic (exact) mass is 289 g/mol. The minimum atomic E-state index is -1.10. The lowest BCUT2D eigenvalue weighted by Gasteiger charge is -1.98. The van der Waals surface area contributed by atoms with Crippen LogP contribution in [0.15, 0.2) is 29.3 Å². The van der Waals surface area contributed by atoms with Crippen LogP contribution in [0.5, 0.6) is 0 Å². The van der Waals surface area contributed by atoms with E-state index in [2.05, 4.69) is 15.1 Å². The molecule has 2 heterocycles. The topological polar surface area (TPSA) is 110 Å². The van der Waals surface area contributed by atoms with Gasteiger partial charge in [-0.25, -0.2) is 9.78 Å². The molecule has 0 radical (unpaired) electrons.